The van der Waals surface area contributed by atoms with Gasteiger partial charge in [-0.3, -0.25) is 4.72 Å². The van der Waals surface area contributed by atoms with Crippen molar-refractivity contribution in [3.63, 3.8) is 0 Å². The van der Waals surface area contributed by atoms with Gasteiger partial charge in [0.05, 0.1) is 16.8 Å². The van der Waals surface area contributed by atoms with Crippen molar-refractivity contribution in [1.29, 1.82) is 0 Å². The van der Waals surface area contributed by atoms with E-state index in [2.05, 4.69) is 46.2 Å². The zero-order valence-electron chi connectivity index (χ0n) is 15.7. The van der Waals surface area contributed by atoms with E-state index in [0.29, 0.717) is 12.1 Å². The Morgan fingerprint density at radius 2 is 1.59 bits per heavy atom. The average molecular weight is 382 g/mol. The van der Waals surface area contributed by atoms with Gasteiger partial charge >= 0.3 is 0 Å². The molecule has 0 aliphatic heterocycles. The highest BCUT2D eigenvalue weighted by Crippen LogP contribution is 2.20. The summed E-state index contributed by atoms with van der Waals surface area (Å²) in [6.07, 6.45) is 1.62. The molecule has 0 aliphatic carbocycles. The third kappa shape index (κ3) is 4.86. The summed E-state index contributed by atoms with van der Waals surface area (Å²) in [6, 6.07) is 17.1. The van der Waals surface area contributed by atoms with Crippen LogP contribution in [0.25, 0.3) is 0 Å². The Balaban J connectivity index is 1.68. The van der Waals surface area contributed by atoms with E-state index in [1.165, 1.54) is 11.1 Å². The normalized spacial score (nSPS) is 11.2. The van der Waals surface area contributed by atoms with E-state index in [1.54, 1.807) is 31.3 Å². The number of nitrogens with zero attached hydrogens (tertiary/aromatic N) is 1. The first-order valence-corrected chi connectivity index (χ1v) is 10.2. The van der Waals surface area contributed by atoms with Crippen LogP contribution < -0.4 is 10.0 Å². The summed E-state index contributed by atoms with van der Waals surface area (Å²) in [7, 11) is -3.67. The molecule has 5 nitrogen and oxygen atoms in total. The molecule has 140 valence electrons. The topological polar surface area (TPSA) is 71.1 Å². The van der Waals surface area contributed by atoms with Gasteiger partial charge in [0.1, 0.15) is 5.82 Å². The second-order valence-electron chi connectivity index (χ2n) is 6.65. The van der Waals surface area contributed by atoms with Crippen LogP contribution in [-0.4, -0.2) is 13.4 Å². The smallest absolute Gasteiger partial charge is 0.263 e. The maximum absolute atomic E-state index is 12.6. The first kappa shape index (κ1) is 18.9. The van der Waals surface area contributed by atoms with Crippen molar-refractivity contribution < 1.29 is 8.42 Å². The van der Waals surface area contributed by atoms with Crippen LogP contribution in [0.15, 0.2) is 65.7 Å². The van der Waals surface area contributed by atoms with Gasteiger partial charge < -0.3 is 5.32 Å². The highest BCUT2D eigenvalue weighted by Gasteiger charge is 2.17. The van der Waals surface area contributed by atoms with E-state index in [1.807, 2.05) is 19.1 Å². The summed E-state index contributed by atoms with van der Waals surface area (Å²) in [4.78, 5) is 4.48. The van der Waals surface area contributed by atoms with Crippen LogP contribution in [0.3, 0.4) is 0 Å². The number of hydrogen-bond acceptors (Lipinski definition) is 4. The fraction of sp³-hybridized carbons (Fsp3) is 0.190. The lowest BCUT2D eigenvalue weighted by molar-refractivity contribution is 0.600. The van der Waals surface area contributed by atoms with Crippen molar-refractivity contribution in [2.75, 3.05) is 10.0 Å². The zero-order chi connectivity index (χ0) is 19.4. The van der Waals surface area contributed by atoms with Crippen LogP contribution in [0, 0.1) is 20.8 Å². The number of anilines is 2. The lowest BCUT2D eigenvalue weighted by Gasteiger charge is -2.11. The molecule has 3 rings (SSSR count). The summed E-state index contributed by atoms with van der Waals surface area (Å²) in [5.74, 6) is 0.289. The van der Waals surface area contributed by atoms with E-state index >= 15 is 0 Å². The summed E-state index contributed by atoms with van der Waals surface area (Å²) in [6.45, 7) is 6.37. The molecule has 0 unspecified atom stereocenters. The van der Waals surface area contributed by atoms with Crippen molar-refractivity contribution in [2.24, 2.45) is 0 Å². The molecule has 1 aromatic heterocycles. The number of hydrogen-bond donors (Lipinski definition) is 2. The molecule has 0 atom stereocenters. The SMILES string of the molecule is Cc1ccc(CNc2ccc(NS(=O)(=O)c3cc(C)ccc3C)nc2)cc1. The fourth-order valence-electron chi connectivity index (χ4n) is 2.66. The van der Waals surface area contributed by atoms with Gasteiger partial charge in [0.2, 0.25) is 0 Å². The van der Waals surface area contributed by atoms with Crippen LogP contribution in [0.1, 0.15) is 22.3 Å². The number of benzene rings is 2. The van der Waals surface area contributed by atoms with Gasteiger partial charge in [-0.2, -0.15) is 0 Å². The zero-order valence-corrected chi connectivity index (χ0v) is 16.5. The fourth-order valence-corrected chi connectivity index (χ4v) is 4.00. The third-order valence-electron chi connectivity index (χ3n) is 4.25. The number of aryl methyl sites for hydroxylation is 3. The van der Waals surface area contributed by atoms with Crippen molar-refractivity contribution >= 4 is 21.5 Å². The van der Waals surface area contributed by atoms with Gasteiger partial charge in [0, 0.05) is 6.54 Å². The largest absolute Gasteiger partial charge is 0.380 e. The Morgan fingerprint density at radius 3 is 2.26 bits per heavy atom. The standard InChI is InChI=1S/C21H23N3O2S/c1-15-5-8-18(9-6-15)13-22-19-10-11-21(23-14-19)24-27(25,26)20-12-16(2)4-7-17(20)3/h4-12,14,22H,13H2,1-3H3,(H,23,24). The molecule has 3 aromatic rings. The minimum Gasteiger partial charge on any atom is -0.380 e. The molecular weight excluding hydrogens is 358 g/mol. The molecule has 0 saturated carbocycles. The Bertz CT molecular complexity index is 1030. The number of rotatable bonds is 6. The molecule has 0 bridgehead atoms. The maximum atomic E-state index is 12.6. The lowest BCUT2D eigenvalue weighted by atomic mass is 10.1. The van der Waals surface area contributed by atoms with Gasteiger partial charge in [-0.1, -0.05) is 42.0 Å². The van der Waals surface area contributed by atoms with Crippen molar-refractivity contribution in [3.05, 3.63) is 83.0 Å². The van der Waals surface area contributed by atoms with Crippen LogP contribution in [0.4, 0.5) is 11.5 Å². The van der Waals surface area contributed by atoms with Crippen molar-refractivity contribution in [3.8, 4) is 0 Å². The molecule has 0 aliphatic rings. The number of sulfonamides is 1. The molecule has 0 spiro atoms. The Kier molecular flexibility index (Phi) is 5.46. The summed E-state index contributed by atoms with van der Waals surface area (Å²) >= 11 is 0. The first-order chi connectivity index (χ1) is 12.8. The minimum absolute atomic E-state index is 0.269. The van der Waals surface area contributed by atoms with Gasteiger partial charge in [0.25, 0.3) is 10.0 Å². The van der Waals surface area contributed by atoms with E-state index in [4.69, 9.17) is 0 Å². The van der Waals surface area contributed by atoms with Gasteiger partial charge in [-0.05, 0) is 55.7 Å². The van der Waals surface area contributed by atoms with Crippen molar-refractivity contribution in [2.45, 2.75) is 32.2 Å². The van der Waals surface area contributed by atoms with Crippen LogP contribution in [0.5, 0.6) is 0 Å². The Morgan fingerprint density at radius 1 is 0.889 bits per heavy atom. The molecule has 0 radical (unpaired) electrons. The van der Waals surface area contributed by atoms with E-state index in [9.17, 15) is 8.42 Å². The number of aromatic nitrogens is 1. The maximum Gasteiger partial charge on any atom is 0.263 e. The van der Waals surface area contributed by atoms with Crippen LogP contribution in [-0.2, 0) is 16.6 Å². The third-order valence-corrected chi connectivity index (χ3v) is 5.75. The number of nitrogens with one attached hydrogen (secondary N) is 2. The molecule has 0 saturated heterocycles. The molecule has 0 fully saturated rings. The van der Waals surface area contributed by atoms with Gasteiger partial charge in [0.15, 0.2) is 0 Å². The molecular formula is C21H23N3O2S. The average Bonchev–Trinajstić information content (AvgIpc) is 2.64. The molecule has 6 heteroatoms. The number of pyridine rings is 1. The van der Waals surface area contributed by atoms with E-state index < -0.39 is 10.0 Å². The second-order valence-corrected chi connectivity index (χ2v) is 8.30. The van der Waals surface area contributed by atoms with Gasteiger partial charge in [-0.25, -0.2) is 13.4 Å². The molecule has 27 heavy (non-hydrogen) atoms. The summed E-state index contributed by atoms with van der Waals surface area (Å²) in [5.41, 5.74) is 4.81. The van der Waals surface area contributed by atoms with E-state index in [-0.39, 0.29) is 10.7 Å². The minimum atomic E-state index is -3.67. The Hall–Kier alpha value is -2.86. The van der Waals surface area contributed by atoms with Crippen molar-refractivity contribution in [1.82, 2.24) is 4.98 Å². The predicted molar refractivity (Wildman–Crippen MR) is 109 cm³/mol. The highest BCUT2D eigenvalue weighted by molar-refractivity contribution is 7.92. The second kappa shape index (κ2) is 7.80. The molecule has 0 amide bonds. The molecule has 1 heterocycles. The highest BCUT2D eigenvalue weighted by atomic mass is 32.2. The van der Waals surface area contributed by atoms with Crippen LogP contribution in [0.2, 0.25) is 0 Å². The van der Waals surface area contributed by atoms with Crippen LogP contribution >= 0.6 is 0 Å². The first-order valence-electron chi connectivity index (χ1n) is 8.69. The monoisotopic (exact) mass is 381 g/mol. The summed E-state index contributed by atoms with van der Waals surface area (Å²) < 4.78 is 27.8. The Labute approximate surface area is 160 Å². The van der Waals surface area contributed by atoms with Gasteiger partial charge in [-0.15, -0.1) is 0 Å². The molecule has 2 N–H and O–H groups in total. The predicted octanol–water partition coefficient (Wildman–Crippen LogP) is 4.42. The quantitative estimate of drug-likeness (QED) is 0.663. The summed E-state index contributed by atoms with van der Waals surface area (Å²) in [5, 5.41) is 3.28. The van der Waals surface area contributed by atoms with E-state index in [0.717, 1.165) is 11.3 Å². The molecule has 2 aromatic carbocycles. The lowest BCUT2D eigenvalue weighted by Crippen LogP contribution is -2.15.